The Kier molecular flexibility index (Phi) is 3.10. The van der Waals surface area contributed by atoms with E-state index in [1.54, 1.807) is 24.7 Å². The number of aryl methyl sites for hydroxylation is 1. The first-order valence-electron chi connectivity index (χ1n) is 5.00. The molecule has 0 aliphatic carbocycles. The number of hydrogen-bond acceptors (Lipinski definition) is 3. The monoisotopic (exact) mass is 217 g/mol. The van der Waals surface area contributed by atoms with E-state index >= 15 is 0 Å². The molecule has 2 rings (SSSR count). The summed E-state index contributed by atoms with van der Waals surface area (Å²) in [5, 5.41) is 3.19. The molecule has 0 amide bonds. The van der Waals surface area contributed by atoms with Crippen LogP contribution < -0.4 is 5.32 Å². The maximum absolute atomic E-state index is 12.9. The first-order chi connectivity index (χ1) is 7.75. The first kappa shape index (κ1) is 10.5. The highest BCUT2D eigenvalue weighted by molar-refractivity contribution is 5.50. The lowest BCUT2D eigenvalue weighted by molar-refractivity contribution is 0.627. The third-order valence-corrected chi connectivity index (χ3v) is 2.27. The van der Waals surface area contributed by atoms with Gasteiger partial charge in [-0.3, -0.25) is 9.97 Å². The minimum atomic E-state index is -0.220. The standard InChI is InChI=1S/C12H12FN3/c1-9-6-10(13)2-3-12(9)16-8-11-7-14-4-5-15-11/h2-7,16H,8H2,1H3. The first-order valence-corrected chi connectivity index (χ1v) is 5.00. The second kappa shape index (κ2) is 4.70. The second-order valence-electron chi connectivity index (χ2n) is 3.51. The van der Waals surface area contributed by atoms with Crippen LogP contribution in [-0.4, -0.2) is 9.97 Å². The highest BCUT2D eigenvalue weighted by Gasteiger charge is 2.00. The molecule has 4 heteroatoms. The predicted molar refractivity (Wildman–Crippen MR) is 60.5 cm³/mol. The van der Waals surface area contributed by atoms with E-state index in [-0.39, 0.29) is 5.82 Å². The van der Waals surface area contributed by atoms with Crippen LogP contribution in [0.1, 0.15) is 11.3 Å². The van der Waals surface area contributed by atoms with E-state index in [0.29, 0.717) is 6.54 Å². The molecule has 3 nitrogen and oxygen atoms in total. The highest BCUT2D eigenvalue weighted by Crippen LogP contribution is 2.16. The van der Waals surface area contributed by atoms with Gasteiger partial charge in [0, 0.05) is 18.1 Å². The smallest absolute Gasteiger partial charge is 0.123 e. The van der Waals surface area contributed by atoms with E-state index in [4.69, 9.17) is 0 Å². The minimum absolute atomic E-state index is 0.220. The number of aromatic nitrogens is 2. The molecule has 0 radical (unpaired) electrons. The van der Waals surface area contributed by atoms with Crippen molar-refractivity contribution < 1.29 is 4.39 Å². The Morgan fingerprint density at radius 2 is 2.19 bits per heavy atom. The molecular formula is C12H12FN3. The fourth-order valence-corrected chi connectivity index (χ4v) is 1.43. The fourth-order valence-electron chi connectivity index (χ4n) is 1.43. The zero-order chi connectivity index (χ0) is 11.4. The Morgan fingerprint density at radius 1 is 1.31 bits per heavy atom. The van der Waals surface area contributed by atoms with Crippen molar-refractivity contribution in [2.24, 2.45) is 0 Å². The zero-order valence-electron chi connectivity index (χ0n) is 8.94. The summed E-state index contributed by atoms with van der Waals surface area (Å²) in [7, 11) is 0. The van der Waals surface area contributed by atoms with Gasteiger partial charge in [-0.1, -0.05) is 0 Å². The maximum Gasteiger partial charge on any atom is 0.123 e. The summed E-state index contributed by atoms with van der Waals surface area (Å²) >= 11 is 0. The molecule has 0 saturated carbocycles. The number of benzene rings is 1. The van der Waals surface area contributed by atoms with Gasteiger partial charge < -0.3 is 5.32 Å². The van der Waals surface area contributed by atoms with Gasteiger partial charge in [0.1, 0.15) is 5.82 Å². The van der Waals surface area contributed by atoms with E-state index < -0.39 is 0 Å². The van der Waals surface area contributed by atoms with Crippen molar-refractivity contribution in [3.8, 4) is 0 Å². The summed E-state index contributed by atoms with van der Waals surface area (Å²) < 4.78 is 12.9. The molecule has 82 valence electrons. The Balaban J connectivity index is 2.05. The lowest BCUT2D eigenvalue weighted by atomic mass is 10.2. The Morgan fingerprint density at radius 3 is 2.88 bits per heavy atom. The molecule has 1 aromatic heterocycles. The van der Waals surface area contributed by atoms with E-state index in [0.717, 1.165) is 16.9 Å². The maximum atomic E-state index is 12.9. The molecular weight excluding hydrogens is 205 g/mol. The van der Waals surface area contributed by atoms with Gasteiger partial charge in [-0.05, 0) is 30.7 Å². The number of halogens is 1. The summed E-state index contributed by atoms with van der Waals surface area (Å²) in [4.78, 5) is 8.11. The van der Waals surface area contributed by atoms with Crippen LogP contribution in [0.25, 0.3) is 0 Å². The van der Waals surface area contributed by atoms with Gasteiger partial charge >= 0.3 is 0 Å². The average molecular weight is 217 g/mol. The van der Waals surface area contributed by atoms with Crippen LogP contribution in [-0.2, 0) is 6.54 Å². The van der Waals surface area contributed by atoms with Crippen LogP contribution in [0.3, 0.4) is 0 Å². The van der Waals surface area contributed by atoms with Gasteiger partial charge in [-0.15, -0.1) is 0 Å². The third kappa shape index (κ3) is 2.53. The van der Waals surface area contributed by atoms with Crippen molar-refractivity contribution in [2.45, 2.75) is 13.5 Å². The van der Waals surface area contributed by atoms with Crippen LogP contribution in [0.15, 0.2) is 36.8 Å². The van der Waals surface area contributed by atoms with Crippen LogP contribution in [0.4, 0.5) is 10.1 Å². The molecule has 1 aromatic carbocycles. The van der Waals surface area contributed by atoms with Crippen molar-refractivity contribution in [2.75, 3.05) is 5.32 Å². The van der Waals surface area contributed by atoms with Crippen molar-refractivity contribution in [3.63, 3.8) is 0 Å². The van der Waals surface area contributed by atoms with Crippen molar-refractivity contribution in [1.82, 2.24) is 9.97 Å². The SMILES string of the molecule is Cc1cc(F)ccc1NCc1cnccn1. The van der Waals surface area contributed by atoms with Gasteiger partial charge in [0.25, 0.3) is 0 Å². The lowest BCUT2D eigenvalue weighted by Gasteiger charge is -2.08. The summed E-state index contributed by atoms with van der Waals surface area (Å²) in [5.74, 6) is -0.220. The zero-order valence-corrected chi connectivity index (χ0v) is 8.94. The molecule has 0 aliphatic rings. The average Bonchev–Trinajstić information content (AvgIpc) is 2.29. The molecule has 0 unspecified atom stereocenters. The van der Waals surface area contributed by atoms with Gasteiger partial charge in [0.15, 0.2) is 0 Å². The van der Waals surface area contributed by atoms with E-state index in [1.807, 2.05) is 6.92 Å². The molecule has 0 bridgehead atoms. The van der Waals surface area contributed by atoms with Crippen LogP contribution in [0.5, 0.6) is 0 Å². The van der Waals surface area contributed by atoms with Gasteiger partial charge in [0.05, 0.1) is 18.4 Å². The number of anilines is 1. The topological polar surface area (TPSA) is 37.8 Å². The number of nitrogens with one attached hydrogen (secondary N) is 1. The van der Waals surface area contributed by atoms with Crippen LogP contribution in [0, 0.1) is 12.7 Å². The van der Waals surface area contributed by atoms with Gasteiger partial charge in [-0.2, -0.15) is 0 Å². The van der Waals surface area contributed by atoms with E-state index in [9.17, 15) is 4.39 Å². The summed E-state index contributed by atoms with van der Waals surface area (Å²) in [6.45, 7) is 2.45. The molecule has 0 saturated heterocycles. The molecule has 2 aromatic rings. The quantitative estimate of drug-likeness (QED) is 0.858. The van der Waals surface area contributed by atoms with Gasteiger partial charge in [-0.25, -0.2) is 4.39 Å². The predicted octanol–water partition coefficient (Wildman–Crippen LogP) is 2.54. The molecule has 1 N–H and O–H groups in total. The Bertz CT molecular complexity index is 471. The lowest BCUT2D eigenvalue weighted by Crippen LogP contribution is -2.03. The summed E-state index contributed by atoms with van der Waals surface area (Å²) in [6, 6.07) is 4.66. The largest absolute Gasteiger partial charge is 0.379 e. The van der Waals surface area contributed by atoms with Crippen molar-refractivity contribution >= 4 is 5.69 Å². The summed E-state index contributed by atoms with van der Waals surface area (Å²) in [6.07, 6.45) is 4.98. The number of hydrogen-bond donors (Lipinski definition) is 1. The van der Waals surface area contributed by atoms with E-state index in [2.05, 4.69) is 15.3 Å². The summed E-state index contributed by atoms with van der Waals surface area (Å²) in [5.41, 5.74) is 2.64. The van der Waals surface area contributed by atoms with E-state index in [1.165, 1.54) is 12.1 Å². The number of nitrogens with zero attached hydrogens (tertiary/aromatic N) is 2. The normalized spacial score (nSPS) is 10.1. The molecule has 0 fully saturated rings. The van der Waals surface area contributed by atoms with Gasteiger partial charge in [0.2, 0.25) is 0 Å². The van der Waals surface area contributed by atoms with Crippen LogP contribution in [0.2, 0.25) is 0 Å². The second-order valence-corrected chi connectivity index (χ2v) is 3.51. The minimum Gasteiger partial charge on any atom is -0.379 e. The molecule has 0 atom stereocenters. The van der Waals surface area contributed by atoms with Crippen molar-refractivity contribution in [3.05, 3.63) is 53.9 Å². The Hall–Kier alpha value is -1.97. The number of rotatable bonds is 3. The molecule has 1 heterocycles. The molecule has 0 spiro atoms. The molecule has 0 aliphatic heterocycles. The highest BCUT2D eigenvalue weighted by atomic mass is 19.1. The fraction of sp³-hybridized carbons (Fsp3) is 0.167. The Labute approximate surface area is 93.4 Å². The van der Waals surface area contributed by atoms with Crippen LogP contribution >= 0.6 is 0 Å². The van der Waals surface area contributed by atoms with Crippen molar-refractivity contribution in [1.29, 1.82) is 0 Å². The third-order valence-electron chi connectivity index (χ3n) is 2.27. The molecule has 16 heavy (non-hydrogen) atoms.